The topological polar surface area (TPSA) is 26.0 Å². The quantitative estimate of drug-likeness (QED) is 0.718. The van der Waals surface area contributed by atoms with Crippen LogP contribution in [0.25, 0.3) is 17.0 Å². The van der Waals surface area contributed by atoms with E-state index in [2.05, 4.69) is 25.4 Å². The molecule has 0 fully saturated rings. The maximum atomic E-state index is 5.40. The summed E-state index contributed by atoms with van der Waals surface area (Å²) in [6.07, 6.45) is 5.32. The Hall–Kier alpha value is -1.57. The first-order chi connectivity index (χ1) is 6.74. The largest absolute Gasteiger partial charge is 0.462 e. The summed E-state index contributed by atoms with van der Waals surface area (Å²) in [5.74, 6) is 0.460. The van der Waals surface area contributed by atoms with Crippen molar-refractivity contribution in [2.24, 2.45) is 0 Å². The van der Waals surface area contributed by atoms with Crippen molar-refractivity contribution >= 4 is 17.0 Å². The van der Waals surface area contributed by atoms with Crippen molar-refractivity contribution in [2.45, 2.75) is 19.8 Å². The molecule has 0 amide bonds. The van der Waals surface area contributed by atoms with Crippen LogP contribution in [0.3, 0.4) is 0 Å². The van der Waals surface area contributed by atoms with Gasteiger partial charge in [-0.2, -0.15) is 0 Å². The zero-order chi connectivity index (χ0) is 10.1. The van der Waals surface area contributed by atoms with Crippen LogP contribution in [0.2, 0.25) is 0 Å². The van der Waals surface area contributed by atoms with Gasteiger partial charge in [0.1, 0.15) is 5.69 Å². The molecular formula is C12H13NO. The van der Waals surface area contributed by atoms with Gasteiger partial charge < -0.3 is 4.42 Å². The van der Waals surface area contributed by atoms with Gasteiger partial charge >= 0.3 is 0 Å². The lowest BCUT2D eigenvalue weighted by molar-refractivity contribution is 0.613. The Morgan fingerprint density at radius 3 is 2.93 bits per heavy atom. The molecule has 0 aliphatic carbocycles. The van der Waals surface area contributed by atoms with E-state index in [1.807, 2.05) is 12.3 Å². The SMILES string of the molecule is C=Cc1ncc(C(C)C)c2ccoc12. The van der Waals surface area contributed by atoms with Crippen molar-refractivity contribution in [2.75, 3.05) is 0 Å². The van der Waals surface area contributed by atoms with Crippen molar-refractivity contribution in [3.63, 3.8) is 0 Å². The third-order valence-electron chi connectivity index (χ3n) is 2.37. The smallest absolute Gasteiger partial charge is 0.159 e. The van der Waals surface area contributed by atoms with E-state index >= 15 is 0 Å². The highest BCUT2D eigenvalue weighted by atomic mass is 16.3. The average molecular weight is 187 g/mol. The number of rotatable bonds is 2. The molecule has 72 valence electrons. The lowest BCUT2D eigenvalue weighted by Gasteiger charge is -2.06. The van der Waals surface area contributed by atoms with E-state index in [0.29, 0.717) is 5.92 Å². The number of pyridine rings is 1. The standard InChI is InChI=1S/C12H13NO/c1-4-11-12-9(5-6-14-12)10(7-13-11)8(2)3/h4-8H,1H2,2-3H3. The summed E-state index contributed by atoms with van der Waals surface area (Å²) in [5.41, 5.74) is 2.87. The number of hydrogen-bond acceptors (Lipinski definition) is 2. The Bertz CT molecular complexity index is 468. The Morgan fingerprint density at radius 2 is 2.29 bits per heavy atom. The minimum absolute atomic E-state index is 0.460. The third kappa shape index (κ3) is 1.23. The summed E-state index contributed by atoms with van der Waals surface area (Å²) < 4.78 is 5.40. The lowest BCUT2D eigenvalue weighted by atomic mass is 10.0. The summed E-state index contributed by atoms with van der Waals surface area (Å²) in [5, 5.41) is 1.14. The van der Waals surface area contributed by atoms with E-state index in [-0.39, 0.29) is 0 Å². The second kappa shape index (κ2) is 3.29. The van der Waals surface area contributed by atoms with E-state index in [1.54, 1.807) is 12.3 Å². The van der Waals surface area contributed by atoms with Gasteiger partial charge in [0.2, 0.25) is 0 Å². The van der Waals surface area contributed by atoms with Gasteiger partial charge in [-0.3, -0.25) is 4.98 Å². The number of nitrogens with zero attached hydrogens (tertiary/aromatic N) is 1. The van der Waals surface area contributed by atoms with Crippen LogP contribution < -0.4 is 0 Å². The number of hydrogen-bond donors (Lipinski definition) is 0. The molecule has 0 saturated carbocycles. The molecule has 2 aromatic heterocycles. The molecule has 2 aromatic rings. The fourth-order valence-corrected chi connectivity index (χ4v) is 1.61. The Morgan fingerprint density at radius 1 is 1.50 bits per heavy atom. The van der Waals surface area contributed by atoms with Crippen molar-refractivity contribution in [3.8, 4) is 0 Å². The molecule has 0 spiro atoms. The van der Waals surface area contributed by atoms with Gasteiger partial charge in [0.15, 0.2) is 5.58 Å². The van der Waals surface area contributed by atoms with E-state index in [9.17, 15) is 0 Å². The lowest BCUT2D eigenvalue weighted by Crippen LogP contribution is -1.91. The average Bonchev–Trinajstić information content (AvgIpc) is 2.64. The summed E-state index contributed by atoms with van der Waals surface area (Å²) in [6, 6.07) is 1.99. The maximum absolute atomic E-state index is 5.40. The Labute approximate surface area is 83.3 Å². The van der Waals surface area contributed by atoms with Crippen LogP contribution in [-0.4, -0.2) is 4.98 Å². The first kappa shape index (κ1) is 9.00. The molecular weight excluding hydrogens is 174 g/mol. The highest BCUT2D eigenvalue weighted by Crippen LogP contribution is 2.27. The second-order valence-corrected chi connectivity index (χ2v) is 3.62. The number of fused-ring (bicyclic) bond motifs is 1. The van der Waals surface area contributed by atoms with Crippen LogP contribution >= 0.6 is 0 Å². The van der Waals surface area contributed by atoms with E-state index in [0.717, 1.165) is 16.7 Å². The molecule has 0 radical (unpaired) electrons. The van der Waals surface area contributed by atoms with Gasteiger partial charge in [-0.15, -0.1) is 0 Å². The molecule has 2 heterocycles. The van der Waals surface area contributed by atoms with E-state index in [1.165, 1.54) is 5.56 Å². The summed E-state index contributed by atoms with van der Waals surface area (Å²) in [6.45, 7) is 8.01. The molecule has 0 aliphatic rings. The van der Waals surface area contributed by atoms with Crippen LogP contribution in [0.15, 0.2) is 29.5 Å². The zero-order valence-electron chi connectivity index (χ0n) is 8.45. The molecule has 0 atom stereocenters. The van der Waals surface area contributed by atoms with Gasteiger partial charge in [0, 0.05) is 11.6 Å². The molecule has 14 heavy (non-hydrogen) atoms. The maximum Gasteiger partial charge on any atom is 0.159 e. The highest BCUT2D eigenvalue weighted by molar-refractivity contribution is 5.86. The number of aromatic nitrogens is 1. The van der Waals surface area contributed by atoms with Gasteiger partial charge in [-0.25, -0.2) is 0 Å². The van der Waals surface area contributed by atoms with E-state index in [4.69, 9.17) is 4.42 Å². The molecule has 0 unspecified atom stereocenters. The van der Waals surface area contributed by atoms with Gasteiger partial charge in [-0.1, -0.05) is 20.4 Å². The van der Waals surface area contributed by atoms with Crippen molar-refractivity contribution in [3.05, 3.63) is 36.4 Å². The third-order valence-corrected chi connectivity index (χ3v) is 2.37. The molecule has 0 aliphatic heterocycles. The summed E-state index contributed by atoms with van der Waals surface area (Å²) in [4.78, 5) is 4.31. The Balaban J connectivity index is 2.78. The summed E-state index contributed by atoms with van der Waals surface area (Å²) in [7, 11) is 0. The highest BCUT2D eigenvalue weighted by Gasteiger charge is 2.10. The molecule has 0 N–H and O–H groups in total. The molecule has 0 bridgehead atoms. The monoisotopic (exact) mass is 187 g/mol. The molecule has 2 heteroatoms. The predicted octanol–water partition coefficient (Wildman–Crippen LogP) is 3.59. The minimum Gasteiger partial charge on any atom is -0.462 e. The first-order valence-corrected chi connectivity index (χ1v) is 4.72. The van der Waals surface area contributed by atoms with Crippen molar-refractivity contribution in [1.82, 2.24) is 4.98 Å². The zero-order valence-corrected chi connectivity index (χ0v) is 8.45. The summed E-state index contributed by atoms with van der Waals surface area (Å²) >= 11 is 0. The van der Waals surface area contributed by atoms with E-state index < -0.39 is 0 Å². The van der Waals surface area contributed by atoms with Crippen LogP contribution in [0.1, 0.15) is 31.0 Å². The van der Waals surface area contributed by atoms with Crippen LogP contribution in [-0.2, 0) is 0 Å². The fourth-order valence-electron chi connectivity index (χ4n) is 1.61. The normalized spacial score (nSPS) is 11.1. The van der Waals surface area contributed by atoms with Crippen LogP contribution in [0.5, 0.6) is 0 Å². The minimum atomic E-state index is 0.460. The van der Waals surface area contributed by atoms with Gasteiger partial charge in [-0.05, 0) is 23.6 Å². The van der Waals surface area contributed by atoms with Crippen molar-refractivity contribution < 1.29 is 4.42 Å². The predicted molar refractivity (Wildman–Crippen MR) is 58.2 cm³/mol. The first-order valence-electron chi connectivity index (χ1n) is 4.72. The Kier molecular flexibility index (Phi) is 2.12. The molecule has 0 aromatic carbocycles. The second-order valence-electron chi connectivity index (χ2n) is 3.62. The van der Waals surface area contributed by atoms with Gasteiger partial charge in [0.25, 0.3) is 0 Å². The van der Waals surface area contributed by atoms with Crippen molar-refractivity contribution in [1.29, 1.82) is 0 Å². The fraction of sp³-hybridized carbons (Fsp3) is 0.250. The van der Waals surface area contributed by atoms with Gasteiger partial charge in [0.05, 0.1) is 6.26 Å². The molecule has 0 saturated heterocycles. The number of furan rings is 1. The van der Waals surface area contributed by atoms with Crippen LogP contribution in [0.4, 0.5) is 0 Å². The molecule has 2 rings (SSSR count). The van der Waals surface area contributed by atoms with Crippen LogP contribution in [0, 0.1) is 0 Å². The molecule has 2 nitrogen and oxygen atoms in total.